The van der Waals surface area contributed by atoms with E-state index >= 15 is 0 Å². The molecule has 0 spiro atoms. The summed E-state index contributed by atoms with van der Waals surface area (Å²) in [7, 11) is 0. The van der Waals surface area contributed by atoms with Crippen LogP contribution >= 0.6 is 15.9 Å². The maximum atomic E-state index is 11.3. The highest BCUT2D eigenvalue weighted by Gasteiger charge is 2.42. The summed E-state index contributed by atoms with van der Waals surface area (Å²) in [5, 5.41) is 12.5. The molecule has 18 heavy (non-hydrogen) atoms. The van der Waals surface area contributed by atoms with Gasteiger partial charge in [-0.15, -0.1) is 0 Å². The fourth-order valence-corrected chi connectivity index (χ4v) is 1.78. The second kappa shape index (κ2) is 5.36. The zero-order chi connectivity index (χ0) is 14.0. The number of carbonyl (C=O) groups is 1. The first-order chi connectivity index (χ1) is 8.17. The molecule has 1 aromatic heterocycles. The van der Waals surface area contributed by atoms with Gasteiger partial charge in [-0.05, 0) is 55.3 Å². The van der Waals surface area contributed by atoms with Gasteiger partial charge in [-0.3, -0.25) is 9.78 Å². The smallest absolute Gasteiger partial charge is 0.310 e. The maximum absolute atomic E-state index is 11.3. The average Bonchev–Trinajstić information content (AvgIpc) is 2.26. The largest absolute Gasteiger partial charge is 0.481 e. The standard InChI is InChI=1S/C13H19BrN2O2/c1-12(2,11(17)18)13(3,4)16-7-9-5-10(14)8-15-6-9/h5-6,8,16H,7H2,1-4H3,(H,17,18). The van der Waals surface area contributed by atoms with Gasteiger partial charge in [-0.1, -0.05) is 0 Å². The molecule has 1 aromatic rings. The molecular weight excluding hydrogens is 296 g/mol. The molecular formula is C13H19BrN2O2. The summed E-state index contributed by atoms with van der Waals surface area (Å²) in [6.07, 6.45) is 3.48. The van der Waals surface area contributed by atoms with Gasteiger partial charge < -0.3 is 10.4 Å². The summed E-state index contributed by atoms with van der Waals surface area (Å²) < 4.78 is 0.914. The molecule has 0 aliphatic carbocycles. The zero-order valence-corrected chi connectivity index (χ0v) is 12.7. The van der Waals surface area contributed by atoms with Gasteiger partial charge >= 0.3 is 5.97 Å². The predicted octanol–water partition coefficient (Wildman–Crippen LogP) is 2.82. The Kier molecular flexibility index (Phi) is 4.50. The Bertz CT molecular complexity index is 444. The molecule has 0 radical (unpaired) electrons. The molecule has 0 atom stereocenters. The lowest BCUT2D eigenvalue weighted by molar-refractivity contribution is -0.151. The number of rotatable bonds is 5. The van der Waals surface area contributed by atoms with Crippen molar-refractivity contribution in [2.45, 2.75) is 39.8 Å². The predicted molar refractivity (Wildman–Crippen MR) is 74.3 cm³/mol. The number of pyridine rings is 1. The average molecular weight is 315 g/mol. The number of carboxylic acids is 1. The Labute approximate surface area is 116 Å². The minimum Gasteiger partial charge on any atom is -0.481 e. The Morgan fingerprint density at radius 3 is 2.50 bits per heavy atom. The first-order valence-corrected chi connectivity index (χ1v) is 6.54. The van der Waals surface area contributed by atoms with Gasteiger partial charge in [0, 0.05) is 29.0 Å². The van der Waals surface area contributed by atoms with E-state index in [-0.39, 0.29) is 0 Å². The van der Waals surface area contributed by atoms with Crippen LogP contribution in [0.4, 0.5) is 0 Å². The molecule has 0 unspecified atom stereocenters. The molecule has 2 N–H and O–H groups in total. The summed E-state index contributed by atoms with van der Waals surface area (Å²) in [4.78, 5) is 15.4. The van der Waals surface area contributed by atoms with Crippen LogP contribution in [0.3, 0.4) is 0 Å². The minimum atomic E-state index is -0.855. The van der Waals surface area contributed by atoms with Gasteiger partial charge in [0.1, 0.15) is 0 Å². The quantitative estimate of drug-likeness (QED) is 0.877. The van der Waals surface area contributed by atoms with Crippen molar-refractivity contribution < 1.29 is 9.90 Å². The monoisotopic (exact) mass is 314 g/mol. The molecule has 5 heteroatoms. The number of carboxylic acid groups (broad SMARTS) is 1. The van der Waals surface area contributed by atoms with Crippen LogP contribution in [0.1, 0.15) is 33.3 Å². The van der Waals surface area contributed by atoms with E-state index < -0.39 is 16.9 Å². The van der Waals surface area contributed by atoms with E-state index in [0.29, 0.717) is 6.54 Å². The molecule has 1 heterocycles. The zero-order valence-electron chi connectivity index (χ0n) is 11.1. The normalized spacial score (nSPS) is 12.5. The molecule has 0 amide bonds. The molecule has 1 rings (SSSR count). The van der Waals surface area contributed by atoms with Crippen molar-refractivity contribution in [3.05, 3.63) is 28.5 Å². The number of aromatic nitrogens is 1. The highest BCUT2D eigenvalue weighted by Crippen LogP contribution is 2.31. The first kappa shape index (κ1) is 15.1. The SMILES string of the molecule is CC(C)(NCc1cncc(Br)c1)C(C)(C)C(=O)O. The number of hydrogen-bond acceptors (Lipinski definition) is 3. The van der Waals surface area contributed by atoms with Crippen LogP contribution in [-0.4, -0.2) is 21.6 Å². The van der Waals surface area contributed by atoms with Crippen molar-refractivity contribution in [2.75, 3.05) is 0 Å². The van der Waals surface area contributed by atoms with E-state index in [4.69, 9.17) is 0 Å². The molecule has 0 aliphatic rings. The number of nitrogens with zero attached hydrogens (tertiary/aromatic N) is 1. The molecule has 0 saturated heterocycles. The first-order valence-electron chi connectivity index (χ1n) is 5.74. The van der Waals surface area contributed by atoms with E-state index in [1.54, 1.807) is 26.2 Å². The van der Waals surface area contributed by atoms with Crippen LogP contribution in [0, 0.1) is 5.41 Å². The Hall–Kier alpha value is -0.940. The van der Waals surface area contributed by atoms with Gasteiger partial charge in [-0.25, -0.2) is 0 Å². The van der Waals surface area contributed by atoms with Gasteiger partial charge in [0.25, 0.3) is 0 Å². The van der Waals surface area contributed by atoms with Crippen molar-refractivity contribution in [3.8, 4) is 0 Å². The van der Waals surface area contributed by atoms with Crippen LogP contribution in [0.5, 0.6) is 0 Å². The van der Waals surface area contributed by atoms with Gasteiger partial charge in [0.2, 0.25) is 0 Å². The fourth-order valence-electron chi connectivity index (χ4n) is 1.36. The molecule has 0 saturated carbocycles. The lowest BCUT2D eigenvalue weighted by Gasteiger charge is -2.39. The second-order valence-corrected chi connectivity index (χ2v) is 6.34. The third-order valence-corrected chi connectivity index (χ3v) is 4.03. The van der Waals surface area contributed by atoms with E-state index in [0.717, 1.165) is 10.0 Å². The Morgan fingerprint density at radius 1 is 1.39 bits per heavy atom. The van der Waals surface area contributed by atoms with Crippen molar-refractivity contribution in [3.63, 3.8) is 0 Å². The highest BCUT2D eigenvalue weighted by atomic mass is 79.9. The summed E-state index contributed by atoms with van der Waals surface area (Å²) >= 11 is 3.36. The summed E-state index contributed by atoms with van der Waals surface area (Å²) in [5.74, 6) is -0.813. The van der Waals surface area contributed by atoms with Crippen LogP contribution in [0.25, 0.3) is 0 Å². The van der Waals surface area contributed by atoms with E-state index in [9.17, 15) is 9.90 Å². The van der Waals surface area contributed by atoms with Gasteiger partial charge in [0.15, 0.2) is 0 Å². The van der Waals surface area contributed by atoms with Crippen molar-refractivity contribution in [1.82, 2.24) is 10.3 Å². The molecule has 0 fully saturated rings. The third kappa shape index (κ3) is 3.29. The van der Waals surface area contributed by atoms with Crippen molar-refractivity contribution in [2.24, 2.45) is 5.41 Å². The van der Waals surface area contributed by atoms with Gasteiger partial charge in [-0.2, -0.15) is 0 Å². The highest BCUT2D eigenvalue weighted by molar-refractivity contribution is 9.10. The summed E-state index contributed by atoms with van der Waals surface area (Å²) in [6.45, 7) is 7.82. The molecule has 0 aliphatic heterocycles. The minimum absolute atomic E-state index is 0.527. The van der Waals surface area contributed by atoms with Crippen LogP contribution < -0.4 is 5.32 Å². The molecule has 100 valence electrons. The van der Waals surface area contributed by atoms with Crippen molar-refractivity contribution in [1.29, 1.82) is 0 Å². The van der Waals surface area contributed by atoms with Crippen LogP contribution in [0.2, 0.25) is 0 Å². The number of aliphatic carboxylic acids is 1. The topological polar surface area (TPSA) is 62.2 Å². The Balaban J connectivity index is 2.76. The molecule has 0 bridgehead atoms. The van der Waals surface area contributed by atoms with E-state index in [1.165, 1.54) is 0 Å². The lowest BCUT2D eigenvalue weighted by Crippen LogP contribution is -2.54. The van der Waals surface area contributed by atoms with E-state index in [1.807, 2.05) is 19.9 Å². The number of nitrogens with one attached hydrogen (secondary N) is 1. The molecule has 0 aromatic carbocycles. The maximum Gasteiger partial charge on any atom is 0.310 e. The number of halogens is 1. The van der Waals surface area contributed by atoms with Crippen LogP contribution in [0.15, 0.2) is 22.9 Å². The van der Waals surface area contributed by atoms with Gasteiger partial charge in [0.05, 0.1) is 5.41 Å². The lowest BCUT2D eigenvalue weighted by atomic mass is 9.74. The third-order valence-electron chi connectivity index (χ3n) is 3.59. The van der Waals surface area contributed by atoms with E-state index in [2.05, 4.69) is 26.2 Å². The fraction of sp³-hybridized carbons (Fsp3) is 0.538. The van der Waals surface area contributed by atoms with Crippen molar-refractivity contribution >= 4 is 21.9 Å². The summed E-state index contributed by atoms with van der Waals surface area (Å²) in [6, 6.07) is 1.96. The molecule has 4 nitrogen and oxygen atoms in total. The van der Waals surface area contributed by atoms with Crippen LogP contribution in [-0.2, 0) is 11.3 Å². The second-order valence-electron chi connectivity index (χ2n) is 5.42. The number of hydrogen-bond donors (Lipinski definition) is 2. The Morgan fingerprint density at radius 2 is 2.00 bits per heavy atom. The summed E-state index contributed by atoms with van der Waals surface area (Å²) in [5.41, 5.74) is -0.369.